The smallest absolute Gasteiger partial charge is 0.182 e. The van der Waals surface area contributed by atoms with Crippen LogP contribution >= 0.6 is 0 Å². The van der Waals surface area contributed by atoms with E-state index in [9.17, 15) is 8.78 Å². The molecule has 0 amide bonds. The van der Waals surface area contributed by atoms with E-state index >= 15 is 0 Å². The van der Waals surface area contributed by atoms with Gasteiger partial charge >= 0.3 is 0 Å². The van der Waals surface area contributed by atoms with Gasteiger partial charge in [0.25, 0.3) is 0 Å². The van der Waals surface area contributed by atoms with Crippen LogP contribution in [0.1, 0.15) is 5.56 Å². The molecule has 0 bridgehead atoms. The number of hydrogen-bond acceptors (Lipinski definition) is 2. The molecule has 0 aliphatic heterocycles. The SMILES string of the molecule is C#Cc1c(F)cc2ocnc2c1F. The number of halogens is 2. The molecule has 13 heavy (non-hydrogen) atoms. The normalized spacial score (nSPS) is 10.2. The van der Waals surface area contributed by atoms with Crippen molar-refractivity contribution in [1.29, 1.82) is 0 Å². The van der Waals surface area contributed by atoms with E-state index in [-0.39, 0.29) is 11.1 Å². The summed E-state index contributed by atoms with van der Waals surface area (Å²) in [5, 5.41) is 0. The third-order valence-electron chi connectivity index (χ3n) is 1.66. The first-order chi connectivity index (χ1) is 6.24. The van der Waals surface area contributed by atoms with Gasteiger partial charge in [-0.05, 0) is 0 Å². The summed E-state index contributed by atoms with van der Waals surface area (Å²) >= 11 is 0. The minimum atomic E-state index is -0.855. The molecule has 0 fully saturated rings. The van der Waals surface area contributed by atoms with E-state index in [2.05, 4.69) is 4.98 Å². The monoisotopic (exact) mass is 179 g/mol. The molecule has 1 heterocycles. The topological polar surface area (TPSA) is 26.0 Å². The zero-order valence-corrected chi connectivity index (χ0v) is 6.34. The lowest BCUT2D eigenvalue weighted by Gasteiger charge is -1.96. The van der Waals surface area contributed by atoms with E-state index in [0.717, 1.165) is 12.5 Å². The molecule has 0 radical (unpaired) electrons. The Labute approximate surface area is 72.2 Å². The highest BCUT2D eigenvalue weighted by Gasteiger charge is 2.14. The molecule has 0 atom stereocenters. The van der Waals surface area contributed by atoms with Crippen LogP contribution in [0.5, 0.6) is 0 Å². The first-order valence-corrected chi connectivity index (χ1v) is 3.42. The Morgan fingerprint density at radius 1 is 1.46 bits per heavy atom. The van der Waals surface area contributed by atoms with Gasteiger partial charge in [-0.15, -0.1) is 6.42 Å². The van der Waals surface area contributed by atoms with Crippen LogP contribution in [0.25, 0.3) is 11.1 Å². The third-order valence-corrected chi connectivity index (χ3v) is 1.66. The minimum absolute atomic E-state index is 0.0469. The molecule has 2 nitrogen and oxygen atoms in total. The summed E-state index contributed by atoms with van der Waals surface area (Å²) in [6, 6.07) is 1.01. The standard InChI is InChI=1S/C9H3F2NO/c1-2-5-6(10)3-7-9(8(5)11)12-4-13-7/h1,3-4H. The highest BCUT2D eigenvalue weighted by atomic mass is 19.1. The maximum Gasteiger partial charge on any atom is 0.182 e. The van der Waals surface area contributed by atoms with E-state index in [4.69, 9.17) is 10.8 Å². The van der Waals surface area contributed by atoms with Crippen LogP contribution in [0.3, 0.4) is 0 Å². The van der Waals surface area contributed by atoms with Gasteiger partial charge in [-0.25, -0.2) is 13.8 Å². The van der Waals surface area contributed by atoms with Gasteiger partial charge < -0.3 is 4.42 Å². The summed E-state index contributed by atoms with van der Waals surface area (Å²) in [6.45, 7) is 0. The van der Waals surface area contributed by atoms with Crippen LogP contribution in [0.4, 0.5) is 8.78 Å². The van der Waals surface area contributed by atoms with Crippen LogP contribution in [-0.2, 0) is 0 Å². The maximum absolute atomic E-state index is 13.3. The van der Waals surface area contributed by atoms with Crippen molar-refractivity contribution in [2.75, 3.05) is 0 Å². The number of hydrogen-bond donors (Lipinski definition) is 0. The molecule has 0 aliphatic rings. The fourth-order valence-electron chi connectivity index (χ4n) is 1.07. The molecule has 2 rings (SSSR count). The fourth-order valence-corrected chi connectivity index (χ4v) is 1.07. The highest BCUT2D eigenvalue weighted by Crippen LogP contribution is 2.21. The van der Waals surface area contributed by atoms with Gasteiger partial charge in [0.15, 0.2) is 17.8 Å². The maximum atomic E-state index is 13.3. The predicted molar refractivity (Wildman–Crippen MR) is 41.9 cm³/mol. The fraction of sp³-hybridized carbons (Fsp3) is 0. The van der Waals surface area contributed by atoms with Gasteiger partial charge in [0.05, 0.1) is 5.56 Å². The lowest BCUT2D eigenvalue weighted by atomic mass is 10.2. The first kappa shape index (κ1) is 7.74. The van der Waals surface area contributed by atoms with Crippen LogP contribution < -0.4 is 0 Å². The summed E-state index contributed by atoms with van der Waals surface area (Å²) < 4.78 is 31.0. The van der Waals surface area contributed by atoms with Crippen molar-refractivity contribution in [1.82, 2.24) is 4.98 Å². The Balaban J connectivity index is 2.95. The summed E-state index contributed by atoms with van der Waals surface area (Å²) in [4.78, 5) is 3.56. The number of rotatable bonds is 0. The molecule has 4 heteroatoms. The number of fused-ring (bicyclic) bond motifs is 1. The highest BCUT2D eigenvalue weighted by molar-refractivity contribution is 5.75. The van der Waals surface area contributed by atoms with Gasteiger partial charge in [0.2, 0.25) is 0 Å². The second-order valence-corrected chi connectivity index (χ2v) is 2.39. The van der Waals surface area contributed by atoms with Crippen LogP contribution in [0, 0.1) is 24.0 Å². The van der Waals surface area contributed by atoms with Crippen molar-refractivity contribution in [3.8, 4) is 12.3 Å². The minimum Gasteiger partial charge on any atom is -0.443 e. The van der Waals surface area contributed by atoms with E-state index in [1.807, 2.05) is 5.92 Å². The molecule has 0 saturated carbocycles. The van der Waals surface area contributed by atoms with Crippen molar-refractivity contribution in [3.63, 3.8) is 0 Å². The van der Waals surface area contributed by atoms with Gasteiger partial charge in [-0.2, -0.15) is 0 Å². The van der Waals surface area contributed by atoms with Gasteiger partial charge in [0.1, 0.15) is 11.3 Å². The lowest BCUT2D eigenvalue weighted by Crippen LogP contribution is -1.90. The number of oxazole rings is 1. The van der Waals surface area contributed by atoms with E-state index in [0.29, 0.717) is 0 Å². The average Bonchev–Trinajstić information content (AvgIpc) is 2.53. The molecule has 1 aromatic heterocycles. The number of terminal acetylenes is 1. The summed E-state index contributed by atoms with van der Waals surface area (Å²) in [6.07, 6.45) is 5.96. The Morgan fingerprint density at radius 2 is 2.23 bits per heavy atom. The summed E-state index contributed by atoms with van der Waals surface area (Å²) in [5.41, 5.74) is -0.412. The van der Waals surface area contributed by atoms with Crippen molar-refractivity contribution in [2.45, 2.75) is 0 Å². The zero-order chi connectivity index (χ0) is 9.42. The number of aromatic nitrogens is 1. The molecule has 0 spiro atoms. The Hall–Kier alpha value is -1.89. The summed E-state index contributed by atoms with van der Waals surface area (Å²) in [5.74, 6) is 0.243. The van der Waals surface area contributed by atoms with Gasteiger partial charge in [-0.1, -0.05) is 5.92 Å². The molecule has 2 aromatic rings. The number of benzene rings is 1. The first-order valence-electron chi connectivity index (χ1n) is 3.42. The quantitative estimate of drug-likeness (QED) is 0.578. The molecule has 1 aromatic carbocycles. The van der Waals surface area contributed by atoms with Crippen molar-refractivity contribution < 1.29 is 13.2 Å². The zero-order valence-electron chi connectivity index (χ0n) is 6.34. The second-order valence-electron chi connectivity index (χ2n) is 2.39. The molecular weight excluding hydrogens is 176 g/mol. The Morgan fingerprint density at radius 3 is 2.92 bits per heavy atom. The van der Waals surface area contributed by atoms with Gasteiger partial charge in [0, 0.05) is 6.07 Å². The molecule has 0 unspecified atom stereocenters. The van der Waals surface area contributed by atoms with E-state index < -0.39 is 17.2 Å². The van der Waals surface area contributed by atoms with E-state index in [1.165, 1.54) is 0 Å². The molecule has 0 aliphatic carbocycles. The molecule has 0 N–H and O–H groups in total. The molecular formula is C9H3F2NO. The van der Waals surface area contributed by atoms with Crippen molar-refractivity contribution >= 4 is 11.1 Å². The number of nitrogens with zero attached hydrogens (tertiary/aromatic N) is 1. The predicted octanol–water partition coefficient (Wildman–Crippen LogP) is 2.09. The van der Waals surface area contributed by atoms with Crippen LogP contribution in [-0.4, -0.2) is 4.98 Å². The van der Waals surface area contributed by atoms with Crippen molar-refractivity contribution in [3.05, 3.63) is 29.7 Å². The van der Waals surface area contributed by atoms with Crippen LogP contribution in [0.2, 0.25) is 0 Å². The Bertz CT molecular complexity index is 510. The van der Waals surface area contributed by atoms with Gasteiger partial charge in [-0.3, -0.25) is 0 Å². The summed E-state index contributed by atoms with van der Waals surface area (Å²) in [7, 11) is 0. The largest absolute Gasteiger partial charge is 0.443 e. The second kappa shape index (κ2) is 2.56. The molecule has 0 saturated heterocycles. The third kappa shape index (κ3) is 0.975. The van der Waals surface area contributed by atoms with Crippen molar-refractivity contribution in [2.24, 2.45) is 0 Å². The van der Waals surface area contributed by atoms with E-state index in [1.54, 1.807) is 0 Å². The molecule has 64 valence electrons. The average molecular weight is 179 g/mol. The van der Waals surface area contributed by atoms with Crippen LogP contribution in [0.15, 0.2) is 16.9 Å². The Kier molecular flexibility index (Phi) is 1.52. The lowest BCUT2D eigenvalue weighted by molar-refractivity contribution is 0.572.